The number of carbonyl (C=O) groups excluding carboxylic acids is 1. The van der Waals surface area contributed by atoms with Crippen molar-refractivity contribution in [1.29, 1.82) is 5.26 Å². The maximum Gasteiger partial charge on any atom is 0.294 e. The van der Waals surface area contributed by atoms with E-state index in [0.29, 0.717) is 16.4 Å². The largest absolute Gasteiger partial charge is 0.360 e. The van der Waals surface area contributed by atoms with E-state index in [1.165, 1.54) is 30.5 Å². The van der Waals surface area contributed by atoms with E-state index < -0.39 is 16.0 Å². The van der Waals surface area contributed by atoms with Crippen LogP contribution in [0, 0.1) is 11.3 Å². The Kier molecular flexibility index (Phi) is 5.77. The van der Waals surface area contributed by atoms with Crippen molar-refractivity contribution < 1.29 is 17.8 Å². The van der Waals surface area contributed by atoms with Gasteiger partial charge in [0.05, 0.1) is 4.90 Å². The van der Waals surface area contributed by atoms with Gasteiger partial charge in [0.1, 0.15) is 11.6 Å². The van der Waals surface area contributed by atoms with Gasteiger partial charge in [-0.15, -0.1) is 0 Å². The van der Waals surface area contributed by atoms with E-state index in [1.54, 1.807) is 30.3 Å². The summed E-state index contributed by atoms with van der Waals surface area (Å²) >= 11 is 5.76. The van der Waals surface area contributed by atoms with Gasteiger partial charge in [-0.2, -0.15) is 13.7 Å². The van der Waals surface area contributed by atoms with E-state index in [0.717, 1.165) is 0 Å². The van der Waals surface area contributed by atoms with Crippen molar-refractivity contribution in [3.8, 4) is 6.07 Å². The predicted molar refractivity (Wildman–Crippen MR) is 93.7 cm³/mol. The van der Waals surface area contributed by atoms with E-state index in [9.17, 15) is 13.2 Å². The Hall–Kier alpha value is -2.86. The highest BCUT2D eigenvalue weighted by atomic mass is 35.5. The zero-order chi connectivity index (χ0) is 18.4. The molecule has 1 amide bonds. The number of amides is 1. The molecule has 0 bridgehead atoms. The number of benzene rings is 2. The Bertz CT molecular complexity index is 946. The lowest BCUT2D eigenvalue weighted by Gasteiger charge is -2.06. The Morgan fingerprint density at radius 1 is 1.08 bits per heavy atom. The molecule has 0 atom stereocenters. The number of nitriles is 1. The molecule has 0 aliphatic rings. The van der Waals surface area contributed by atoms with E-state index >= 15 is 0 Å². The molecule has 0 aromatic heterocycles. The molecule has 0 heterocycles. The minimum Gasteiger partial charge on any atom is -0.360 e. The SMILES string of the molecule is N#C/C(=C/Nc1ccc(S(=O)(=O)O)cc1)C(=O)Nc1ccc(Cl)cc1. The number of nitrogens with zero attached hydrogens (tertiary/aromatic N) is 1. The van der Waals surface area contributed by atoms with E-state index in [4.69, 9.17) is 21.4 Å². The summed E-state index contributed by atoms with van der Waals surface area (Å²) in [5.41, 5.74) is 0.723. The van der Waals surface area contributed by atoms with Crippen LogP contribution in [0.5, 0.6) is 0 Å². The summed E-state index contributed by atoms with van der Waals surface area (Å²) in [6, 6.07) is 13.3. The summed E-state index contributed by atoms with van der Waals surface area (Å²) in [5, 5.41) is 14.9. The summed E-state index contributed by atoms with van der Waals surface area (Å²) in [4.78, 5) is 11.8. The highest BCUT2D eigenvalue weighted by Gasteiger charge is 2.10. The lowest BCUT2D eigenvalue weighted by molar-refractivity contribution is -0.112. The van der Waals surface area contributed by atoms with Crippen molar-refractivity contribution >= 4 is 39.0 Å². The number of nitrogens with one attached hydrogen (secondary N) is 2. The van der Waals surface area contributed by atoms with Crippen molar-refractivity contribution in [2.45, 2.75) is 4.90 Å². The molecule has 0 fully saturated rings. The Morgan fingerprint density at radius 2 is 1.64 bits per heavy atom. The first-order valence-corrected chi connectivity index (χ1v) is 8.62. The van der Waals surface area contributed by atoms with Crippen LogP contribution in [0.1, 0.15) is 0 Å². The monoisotopic (exact) mass is 377 g/mol. The molecular formula is C16H12ClN3O4S. The quantitative estimate of drug-likeness (QED) is 0.418. The van der Waals surface area contributed by atoms with Crippen LogP contribution in [0.4, 0.5) is 11.4 Å². The van der Waals surface area contributed by atoms with Crippen LogP contribution in [-0.2, 0) is 14.9 Å². The van der Waals surface area contributed by atoms with Crippen LogP contribution < -0.4 is 10.6 Å². The maximum atomic E-state index is 12.0. The number of anilines is 2. The van der Waals surface area contributed by atoms with Crippen LogP contribution >= 0.6 is 11.6 Å². The van der Waals surface area contributed by atoms with Gasteiger partial charge < -0.3 is 10.6 Å². The van der Waals surface area contributed by atoms with Gasteiger partial charge in [0, 0.05) is 22.6 Å². The first-order valence-electron chi connectivity index (χ1n) is 6.81. The van der Waals surface area contributed by atoms with E-state index in [-0.39, 0.29) is 10.5 Å². The van der Waals surface area contributed by atoms with Gasteiger partial charge >= 0.3 is 0 Å². The van der Waals surface area contributed by atoms with Gasteiger partial charge in [-0.25, -0.2) is 0 Å². The van der Waals surface area contributed by atoms with Gasteiger partial charge in [-0.05, 0) is 48.5 Å². The zero-order valence-electron chi connectivity index (χ0n) is 12.6. The molecule has 7 nitrogen and oxygen atoms in total. The first-order chi connectivity index (χ1) is 11.8. The second-order valence-corrected chi connectivity index (χ2v) is 6.63. The number of rotatable bonds is 5. The molecule has 0 aliphatic heterocycles. The molecule has 0 saturated heterocycles. The third kappa shape index (κ3) is 5.32. The summed E-state index contributed by atoms with van der Waals surface area (Å²) in [6.07, 6.45) is 1.19. The van der Waals surface area contributed by atoms with E-state index in [2.05, 4.69) is 10.6 Å². The molecule has 25 heavy (non-hydrogen) atoms. The standard InChI is InChI=1S/C16H12ClN3O4S/c17-12-1-3-14(4-2-12)20-16(21)11(9-18)10-19-13-5-7-15(8-6-13)25(22,23)24/h1-8,10,19H,(H,20,21)(H,22,23,24)/b11-10-. The van der Waals surface area contributed by atoms with Crippen LogP contribution in [0.3, 0.4) is 0 Å². The average molecular weight is 378 g/mol. The van der Waals surface area contributed by atoms with Crippen molar-refractivity contribution in [2.75, 3.05) is 10.6 Å². The fourth-order valence-electron chi connectivity index (χ4n) is 1.76. The average Bonchev–Trinajstić information content (AvgIpc) is 2.57. The normalized spacial score (nSPS) is 11.5. The molecule has 3 N–H and O–H groups in total. The van der Waals surface area contributed by atoms with Gasteiger partial charge in [-0.1, -0.05) is 11.6 Å². The summed E-state index contributed by atoms with van der Waals surface area (Å²) < 4.78 is 30.8. The van der Waals surface area contributed by atoms with Crippen molar-refractivity contribution in [3.63, 3.8) is 0 Å². The molecule has 0 aliphatic carbocycles. The van der Waals surface area contributed by atoms with Crippen molar-refractivity contribution in [2.24, 2.45) is 0 Å². The molecule has 9 heteroatoms. The van der Waals surface area contributed by atoms with Crippen molar-refractivity contribution in [3.05, 3.63) is 65.3 Å². The second-order valence-electron chi connectivity index (χ2n) is 4.77. The molecular weight excluding hydrogens is 366 g/mol. The summed E-state index contributed by atoms with van der Waals surface area (Å²) in [5.74, 6) is -0.619. The third-order valence-electron chi connectivity index (χ3n) is 3.00. The maximum absolute atomic E-state index is 12.0. The highest BCUT2D eigenvalue weighted by molar-refractivity contribution is 7.85. The predicted octanol–water partition coefficient (Wildman–Crippen LogP) is 3.04. The summed E-state index contributed by atoms with van der Waals surface area (Å²) in [7, 11) is -4.28. The number of carbonyl (C=O) groups is 1. The Labute approximate surface area is 149 Å². The third-order valence-corrected chi connectivity index (χ3v) is 4.12. The summed E-state index contributed by atoms with van der Waals surface area (Å²) in [6.45, 7) is 0. The molecule has 0 unspecified atom stereocenters. The smallest absolute Gasteiger partial charge is 0.294 e. The highest BCUT2D eigenvalue weighted by Crippen LogP contribution is 2.16. The van der Waals surface area contributed by atoms with Gasteiger partial charge in [-0.3, -0.25) is 9.35 Å². The first kappa shape index (κ1) is 18.5. The van der Waals surface area contributed by atoms with E-state index in [1.807, 2.05) is 0 Å². The Balaban J connectivity index is 2.08. The number of halogens is 1. The molecule has 128 valence electrons. The second kappa shape index (κ2) is 7.81. The lowest BCUT2D eigenvalue weighted by Crippen LogP contribution is -2.14. The number of hydrogen-bond donors (Lipinski definition) is 3. The van der Waals surface area contributed by atoms with Gasteiger partial charge in [0.15, 0.2) is 0 Å². The zero-order valence-corrected chi connectivity index (χ0v) is 14.2. The van der Waals surface area contributed by atoms with Gasteiger partial charge in [0.25, 0.3) is 16.0 Å². The molecule has 2 aromatic rings. The molecule has 0 saturated carbocycles. The van der Waals surface area contributed by atoms with Gasteiger partial charge in [0.2, 0.25) is 0 Å². The topological polar surface area (TPSA) is 119 Å². The van der Waals surface area contributed by atoms with Crippen molar-refractivity contribution in [1.82, 2.24) is 0 Å². The molecule has 0 spiro atoms. The fraction of sp³-hybridized carbons (Fsp3) is 0. The molecule has 0 radical (unpaired) electrons. The molecule has 2 aromatic carbocycles. The Morgan fingerprint density at radius 3 is 2.16 bits per heavy atom. The minimum absolute atomic E-state index is 0.186. The lowest BCUT2D eigenvalue weighted by atomic mass is 10.2. The number of hydrogen-bond acceptors (Lipinski definition) is 5. The van der Waals surface area contributed by atoms with Crippen LogP contribution in [-0.4, -0.2) is 18.9 Å². The molecule has 2 rings (SSSR count). The fourth-order valence-corrected chi connectivity index (χ4v) is 2.36. The minimum atomic E-state index is -4.28. The van der Waals surface area contributed by atoms with Crippen LogP contribution in [0.15, 0.2) is 65.2 Å². The van der Waals surface area contributed by atoms with Crippen LogP contribution in [0.25, 0.3) is 0 Å². The van der Waals surface area contributed by atoms with Crippen LogP contribution in [0.2, 0.25) is 5.02 Å².